The van der Waals surface area contributed by atoms with Crippen LogP contribution in [-0.4, -0.2) is 4.98 Å². The van der Waals surface area contributed by atoms with Crippen molar-refractivity contribution < 1.29 is 0 Å². The molecule has 86 valence electrons. The van der Waals surface area contributed by atoms with E-state index in [0.717, 1.165) is 5.92 Å². The van der Waals surface area contributed by atoms with Crippen molar-refractivity contribution >= 4 is 0 Å². The van der Waals surface area contributed by atoms with Crippen molar-refractivity contribution in [1.29, 1.82) is 0 Å². The van der Waals surface area contributed by atoms with E-state index < -0.39 is 0 Å². The molecular formula is C14H25N. The fourth-order valence-electron chi connectivity index (χ4n) is 2.00. The molecule has 1 heterocycles. The molecule has 1 aromatic rings. The van der Waals surface area contributed by atoms with Gasteiger partial charge in [-0.1, -0.05) is 34.6 Å². The maximum absolute atomic E-state index is 4.15. The van der Waals surface area contributed by atoms with Gasteiger partial charge in [-0.15, -0.1) is 0 Å². The van der Waals surface area contributed by atoms with Crippen LogP contribution in [0.1, 0.15) is 52.2 Å². The maximum atomic E-state index is 4.15. The Bertz CT molecular complexity index is 268. The molecule has 1 nitrogen and oxygen atoms in total. The normalized spacial score (nSPS) is 17.9. The van der Waals surface area contributed by atoms with Crippen LogP contribution in [0, 0.1) is 5.92 Å². The highest BCUT2D eigenvalue weighted by Gasteiger charge is 2.16. The predicted octanol–water partition coefficient (Wildman–Crippen LogP) is 4.26. The first-order valence-electron chi connectivity index (χ1n) is 5.82. The molecule has 15 heavy (non-hydrogen) atoms. The van der Waals surface area contributed by atoms with Crippen LogP contribution in [0.4, 0.5) is 0 Å². The maximum Gasteiger partial charge on any atom is 0.0302 e. The van der Waals surface area contributed by atoms with E-state index in [0.29, 0.717) is 0 Å². The monoisotopic (exact) mass is 207 g/mol. The summed E-state index contributed by atoms with van der Waals surface area (Å²) in [6, 6.07) is 2.18. The molecule has 1 atom stereocenters. The van der Waals surface area contributed by atoms with Crippen LogP contribution < -0.4 is 0 Å². The average molecular weight is 207 g/mol. The quantitative estimate of drug-likeness (QED) is 0.670. The number of hydrogen-bond acceptors (Lipinski definition) is 1. The molecule has 0 aromatic carbocycles. The van der Waals surface area contributed by atoms with Gasteiger partial charge in [-0.05, 0) is 42.4 Å². The van der Waals surface area contributed by atoms with Gasteiger partial charge in [0.05, 0.1) is 0 Å². The summed E-state index contributed by atoms with van der Waals surface area (Å²) in [5.41, 5.74) is 3.00. The minimum absolute atomic E-state index is 0. The number of fused-ring (bicyclic) bond motifs is 1. The Balaban J connectivity index is 0.000000617. The second kappa shape index (κ2) is 7.44. The summed E-state index contributed by atoms with van der Waals surface area (Å²) in [5, 5.41) is 0. The van der Waals surface area contributed by atoms with E-state index in [1.54, 1.807) is 0 Å². The van der Waals surface area contributed by atoms with Crippen LogP contribution in [0.25, 0.3) is 0 Å². The summed E-state index contributed by atoms with van der Waals surface area (Å²) >= 11 is 0. The Morgan fingerprint density at radius 3 is 2.73 bits per heavy atom. The fraction of sp³-hybridized carbons (Fsp3) is 0.643. The molecule has 0 bridgehead atoms. The summed E-state index contributed by atoms with van der Waals surface area (Å²) in [4.78, 5) is 4.15. The molecule has 1 aromatic heterocycles. The fourth-order valence-corrected chi connectivity index (χ4v) is 2.00. The molecule has 0 amide bonds. The van der Waals surface area contributed by atoms with Gasteiger partial charge in [-0.2, -0.15) is 0 Å². The third-order valence-corrected chi connectivity index (χ3v) is 2.91. The zero-order valence-electron chi connectivity index (χ0n) is 9.59. The van der Waals surface area contributed by atoms with Gasteiger partial charge in [0.1, 0.15) is 0 Å². The van der Waals surface area contributed by atoms with Crippen molar-refractivity contribution in [3.63, 3.8) is 0 Å². The number of rotatable bonds is 1. The Kier molecular flexibility index (Phi) is 7.02. The topological polar surface area (TPSA) is 12.9 Å². The van der Waals surface area contributed by atoms with Crippen molar-refractivity contribution in [2.45, 2.75) is 53.9 Å². The zero-order valence-corrected chi connectivity index (χ0v) is 9.59. The average Bonchev–Trinajstić information content (AvgIpc) is 2.31. The van der Waals surface area contributed by atoms with Gasteiger partial charge in [0.2, 0.25) is 0 Å². The third-order valence-electron chi connectivity index (χ3n) is 2.91. The molecule has 0 fully saturated rings. The van der Waals surface area contributed by atoms with E-state index in [2.05, 4.69) is 18.0 Å². The van der Waals surface area contributed by atoms with Crippen molar-refractivity contribution in [2.24, 2.45) is 5.92 Å². The lowest BCUT2D eigenvalue weighted by Crippen LogP contribution is -2.13. The van der Waals surface area contributed by atoms with E-state index in [4.69, 9.17) is 0 Å². The van der Waals surface area contributed by atoms with E-state index in [1.165, 1.54) is 36.8 Å². The molecule has 0 radical (unpaired) electrons. The third kappa shape index (κ3) is 3.65. The van der Waals surface area contributed by atoms with Crippen LogP contribution in [0.5, 0.6) is 0 Å². The minimum Gasteiger partial charge on any atom is -0.264 e. The number of aromatic nitrogens is 1. The largest absolute Gasteiger partial charge is 0.264 e. The van der Waals surface area contributed by atoms with Gasteiger partial charge in [-0.25, -0.2) is 0 Å². The minimum atomic E-state index is 0. The van der Waals surface area contributed by atoms with Gasteiger partial charge in [0.15, 0.2) is 0 Å². The molecule has 0 saturated heterocycles. The molecule has 0 spiro atoms. The molecule has 0 unspecified atom stereocenters. The van der Waals surface area contributed by atoms with Gasteiger partial charge < -0.3 is 0 Å². The van der Waals surface area contributed by atoms with Crippen molar-refractivity contribution in [3.8, 4) is 0 Å². The Labute approximate surface area is 94.9 Å². The smallest absolute Gasteiger partial charge is 0.0302 e. The van der Waals surface area contributed by atoms with Crippen molar-refractivity contribution in [3.05, 3.63) is 29.6 Å². The lowest BCUT2D eigenvalue weighted by Gasteiger charge is -2.22. The van der Waals surface area contributed by atoms with E-state index in [9.17, 15) is 0 Å². The molecule has 1 aliphatic rings. The van der Waals surface area contributed by atoms with E-state index in [1.807, 2.05) is 26.2 Å². The summed E-state index contributed by atoms with van der Waals surface area (Å²) in [7, 11) is 0. The number of aryl methyl sites for hydroxylation is 1. The zero-order chi connectivity index (χ0) is 10.4. The van der Waals surface area contributed by atoms with E-state index in [-0.39, 0.29) is 7.43 Å². The highest BCUT2D eigenvalue weighted by molar-refractivity contribution is 5.26. The Morgan fingerprint density at radius 1 is 1.33 bits per heavy atom. The van der Waals surface area contributed by atoms with Gasteiger partial charge in [-0.3, -0.25) is 4.98 Å². The molecule has 0 saturated carbocycles. The highest BCUT2D eigenvalue weighted by atomic mass is 14.6. The lowest BCUT2D eigenvalue weighted by atomic mass is 9.84. The number of pyridine rings is 1. The lowest BCUT2D eigenvalue weighted by molar-refractivity contribution is 0.444. The molecule has 0 N–H and O–H groups in total. The van der Waals surface area contributed by atoms with Crippen LogP contribution in [0.15, 0.2) is 18.5 Å². The van der Waals surface area contributed by atoms with Crippen LogP contribution in [-0.2, 0) is 12.8 Å². The standard InChI is InChI=1S/C11H15N.C2H6.CH4/c1-2-9-3-4-11-8-12-6-5-10(11)7-9;1-2;/h5-6,8-9H,2-4,7H2,1H3;1-2H3;1H4/t9-;;/m0../s1. The first-order valence-corrected chi connectivity index (χ1v) is 5.82. The summed E-state index contributed by atoms with van der Waals surface area (Å²) in [6.45, 7) is 6.29. The predicted molar refractivity (Wildman–Crippen MR) is 68.1 cm³/mol. The van der Waals surface area contributed by atoms with Gasteiger partial charge in [0, 0.05) is 12.4 Å². The van der Waals surface area contributed by atoms with E-state index >= 15 is 0 Å². The van der Waals surface area contributed by atoms with Gasteiger partial charge in [0.25, 0.3) is 0 Å². The second-order valence-corrected chi connectivity index (χ2v) is 3.66. The summed E-state index contributed by atoms with van der Waals surface area (Å²) in [6.07, 6.45) is 9.13. The molecule has 0 aliphatic heterocycles. The van der Waals surface area contributed by atoms with Crippen molar-refractivity contribution in [1.82, 2.24) is 4.98 Å². The van der Waals surface area contributed by atoms with Crippen molar-refractivity contribution in [2.75, 3.05) is 0 Å². The Hall–Kier alpha value is -0.850. The SMILES string of the molecule is C.CC.CC[C@H]1CCc2cnccc2C1. The molecule has 2 rings (SSSR count). The summed E-state index contributed by atoms with van der Waals surface area (Å²) in [5.74, 6) is 0.917. The molecule has 1 aliphatic carbocycles. The number of nitrogens with zero attached hydrogens (tertiary/aromatic N) is 1. The molecular weight excluding hydrogens is 182 g/mol. The van der Waals surface area contributed by atoms with Crippen LogP contribution in [0.3, 0.4) is 0 Å². The van der Waals surface area contributed by atoms with Crippen LogP contribution >= 0.6 is 0 Å². The highest BCUT2D eigenvalue weighted by Crippen LogP contribution is 2.26. The Morgan fingerprint density at radius 2 is 2.07 bits per heavy atom. The summed E-state index contributed by atoms with van der Waals surface area (Å²) < 4.78 is 0. The van der Waals surface area contributed by atoms with Gasteiger partial charge >= 0.3 is 0 Å². The number of hydrogen-bond donors (Lipinski definition) is 0. The second-order valence-electron chi connectivity index (χ2n) is 3.66. The first kappa shape index (κ1) is 14.2. The van der Waals surface area contributed by atoms with Crippen LogP contribution in [0.2, 0.25) is 0 Å². The molecule has 1 heteroatoms. The first-order chi connectivity index (χ1) is 6.90.